The summed E-state index contributed by atoms with van der Waals surface area (Å²) in [5, 5.41) is 0. The second-order valence-corrected chi connectivity index (χ2v) is 7.74. The third kappa shape index (κ3) is 3.71. The molecule has 1 aromatic carbocycles. The van der Waals surface area contributed by atoms with E-state index in [1.54, 1.807) is 16.7 Å². The van der Waals surface area contributed by atoms with E-state index in [4.69, 9.17) is 0 Å². The van der Waals surface area contributed by atoms with Crippen molar-refractivity contribution in [2.75, 3.05) is 0 Å². The highest BCUT2D eigenvalue weighted by atomic mass is 14.3. The molecule has 21 heavy (non-hydrogen) atoms. The van der Waals surface area contributed by atoms with Gasteiger partial charge in [0, 0.05) is 0 Å². The molecular formula is C21H32. The fourth-order valence-corrected chi connectivity index (χ4v) is 4.44. The number of aryl methyl sites for hydroxylation is 1. The molecule has 1 fully saturated rings. The normalized spacial score (nSPS) is 29.1. The van der Waals surface area contributed by atoms with Crippen LogP contribution >= 0.6 is 0 Å². The van der Waals surface area contributed by atoms with Gasteiger partial charge < -0.3 is 0 Å². The zero-order valence-corrected chi connectivity index (χ0v) is 14.0. The van der Waals surface area contributed by atoms with Gasteiger partial charge in [-0.2, -0.15) is 0 Å². The quantitative estimate of drug-likeness (QED) is 0.610. The third-order valence-corrected chi connectivity index (χ3v) is 6.01. The second kappa shape index (κ2) is 6.99. The van der Waals surface area contributed by atoms with Crippen LogP contribution in [0, 0.1) is 11.8 Å². The minimum Gasteiger partial charge on any atom is -0.0654 e. The van der Waals surface area contributed by atoms with Gasteiger partial charge in [-0.05, 0) is 66.5 Å². The lowest BCUT2D eigenvalue weighted by Crippen LogP contribution is -2.16. The molecule has 0 aromatic heterocycles. The number of hydrogen-bond acceptors (Lipinski definition) is 0. The standard InChI is InChI=1S/C21H32/c1-3-4-5-17-8-11-21-15-20(13-12-19(21)14-17)18-9-6-16(2)7-10-18/h12-13,15-18H,3-11,14H2,1-2H3. The predicted octanol–water partition coefficient (Wildman–Crippen LogP) is 6.28. The molecule has 1 unspecified atom stereocenters. The maximum absolute atomic E-state index is 2.58. The third-order valence-electron chi connectivity index (χ3n) is 6.01. The summed E-state index contributed by atoms with van der Waals surface area (Å²) in [5.74, 6) is 2.77. The van der Waals surface area contributed by atoms with Crippen molar-refractivity contribution >= 4 is 0 Å². The lowest BCUT2D eigenvalue weighted by atomic mass is 9.76. The molecule has 0 heteroatoms. The van der Waals surface area contributed by atoms with Crippen LogP contribution in [0.5, 0.6) is 0 Å². The first-order valence-electron chi connectivity index (χ1n) is 9.38. The molecular weight excluding hydrogens is 252 g/mol. The molecule has 0 amide bonds. The van der Waals surface area contributed by atoms with Gasteiger partial charge in [-0.25, -0.2) is 0 Å². The molecule has 1 atom stereocenters. The first-order chi connectivity index (χ1) is 10.3. The highest BCUT2D eigenvalue weighted by molar-refractivity contribution is 5.36. The average Bonchev–Trinajstić information content (AvgIpc) is 2.53. The van der Waals surface area contributed by atoms with Crippen LogP contribution in [0.25, 0.3) is 0 Å². The molecule has 116 valence electrons. The highest BCUT2D eigenvalue weighted by Crippen LogP contribution is 2.37. The van der Waals surface area contributed by atoms with Crippen LogP contribution in [0.2, 0.25) is 0 Å². The average molecular weight is 284 g/mol. The zero-order chi connectivity index (χ0) is 14.7. The van der Waals surface area contributed by atoms with Crippen molar-refractivity contribution in [3.05, 3.63) is 34.9 Å². The van der Waals surface area contributed by atoms with Crippen LogP contribution in [-0.2, 0) is 12.8 Å². The minimum atomic E-state index is 0.851. The van der Waals surface area contributed by atoms with Gasteiger partial charge in [0.15, 0.2) is 0 Å². The Morgan fingerprint density at radius 2 is 1.81 bits per heavy atom. The lowest BCUT2D eigenvalue weighted by Gasteiger charge is -2.29. The monoisotopic (exact) mass is 284 g/mol. The molecule has 1 aromatic rings. The van der Waals surface area contributed by atoms with Crippen LogP contribution in [0.3, 0.4) is 0 Å². The molecule has 0 heterocycles. The summed E-state index contributed by atoms with van der Waals surface area (Å²) in [7, 11) is 0. The van der Waals surface area contributed by atoms with Crippen molar-refractivity contribution in [3.63, 3.8) is 0 Å². The molecule has 0 spiro atoms. The van der Waals surface area contributed by atoms with E-state index in [-0.39, 0.29) is 0 Å². The Labute approximate surface area is 131 Å². The van der Waals surface area contributed by atoms with E-state index in [1.807, 2.05) is 0 Å². The van der Waals surface area contributed by atoms with Gasteiger partial charge >= 0.3 is 0 Å². The Kier molecular flexibility index (Phi) is 5.03. The summed E-state index contributed by atoms with van der Waals surface area (Å²) in [6, 6.07) is 7.51. The number of fused-ring (bicyclic) bond motifs is 1. The number of rotatable bonds is 4. The van der Waals surface area contributed by atoms with E-state index in [2.05, 4.69) is 32.0 Å². The molecule has 3 rings (SSSR count). The summed E-state index contributed by atoms with van der Waals surface area (Å²) in [5.41, 5.74) is 4.99. The van der Waals surface area contributed by atoms with Crippen molar-refractivity contribution in [2.45, 2.75) is 84.0 Å². The molecule has 2 aliphatic carbocycles. The van der Waals surface area contributed by atoms with E-state index in [0.717, 1.165) is 17.8 Å². The highest BCUT2D eigenvalue weighted by Gasteiger charge is 2.22. The summed E-state index contributed by atoms with van der Waals surface area (Å²) < 4.78 is 0. The Balaban J connectivity index is 1.66. The zero-order valence-electron chi connectivity index (χ0n) is 14.0. The fraction of sp³-hybridized carbons (Fsp3) is 0.714. The first-order valence-corrected chi connectivity index (χ1v) is 9.38. The van der Waals surface area contributed by atoms with Crippen molar-refractivity contribution in [2.24, 2.45) is 11.8 Å². The van der Waals surface area contributed by atoms with Crippen molar-refractivity contribution in [1.82, 2.24) is 0 Å². The number of unbranched alkanes of at least 4 members (excludes halogenated alkanes) is 1. The van der Waals surface area contributed by atoms with Gasteiger partial charge in [0.05, 0.1) is 0 Å². The molecule has 0 saturated heterocycles. The molecule has 0 N–H and O–H groups in total. The van der Waals surface area contributed by atoms with Gasteiger partial charge in [-0.3, -0.25) is 0 Å². The van der Waals surface area contributed by atoms with Crippen LogP contribution in [0.4, 0.5) is 0 Å². The number of hydrogen-bond donors (Lipinski definition) is 0. The van der Waals surface area contributed by atoms with Gasteiger partial charge in [0.25, 0.3) is 0 Å². The van der Waals surface area contributed by atoms with Crippen LogP contribution in [0.15, 0.2) is 18.2 Å². The Morgan fingerprint density at radius 1 is 1.00 bits per heavy atom. The Hall–Kier alpha value is -0.780. The maximum Gasteiger partial charge on any atom is -0.0162 e. The van der Waals surface area contributed by atoms with Crippen molar-refractivity contribution in [3.8, 4) is 0 Å². The first kappa shape index (κ1) is 15.1. The minimum absolute atomic E-state index is 0.851. The summed E-state index contributed by atoms with van der Waals surface area (Å²) in [6.45, 7) is 4.73. The summed E-state index contributed by atoms with van der Waals surface area (Å²) >= 11 is 0. The van der Waals surface area contributed by atoms with Gasteiger partial charge in [-0.15, -0.1) is 0 Å². The molecule has 0 radical (unpaired) electrons. The SMILES string of the molecule is CCCCC1CCc2cc(C3CCC(C)CC3)ccc2C1. The van der Waals surface area contributed by atoms with Crippen LogP contribution in [-0.4, -0.2) is 0 Å². The van der Waals surface area contributed by atoms with E-state index in [1.165, 1.54) is 64.2 Å². The second-order valence-electron chi connectivity index (χ2n) is 7.74. The number of benzene rings is 1. The summed E-state index contributed by atoms with van der Waals surface area (Å²) in [6.07, 6.45) is 14.0. The van der Waals surface area contributed by atoms with Crippen LogP contribution in [0.1, 0.15) is 87.8 Å². The lowest BCUT2D eigenvalue weighted by molar-refractivity contribution is 0.347. The van der Waals surface area contributed by atoms with Crippen molar-refractivity contribution in [1.29, 1.82) is 0 Å². The molecule has 0 nitrogen and oxygen atoms in total. The summed E-state index contributed by atoms with van der Waals surface area (Å²) in [4.78, 5) is 0. The van der Waals surface area contributed by atoms with E-state index >= 15 is 0 Å². The smallest absolute Gasteiger partial charge is 0.0162 e. The van der Waals surface area contributed by atoms with E-state index in [9.17, 15) is 0 Å². The maximum atomic E-state index is 2.58. The largest absolute Gasteiger partial charge is 0.0654 e. The van der Waals surface area contributed by atoms with Crippen molar-refractivity contribution < 1.29 is 0 Å². The molecule has 2 aliphatic rings. The predicted molar refractivity (Wildman–Crippen MR) is 91.9 cm³/mol. The fourth-order valence-electron chi connectivity index (χ4n) is 4.44. The van der Waals surface area contributed by atoms with Gasteiger partial charge in [0.1, 0.15) is 0 Å². The topological polar surface area (TPSA) is 0 Å². The molecule has 1 saturated carbocycles. The van der Waals surface area contributed by atoms with Gasteiger partial charge in [-0.1, -0.05) is 64.2 Å². The van der Waals surface area contributed by atoms with Gasteiger partial charge in [0.2, 0.25) is 0 Å². The van der Waals surface area contributed by atoms with Crippen LogP contribution < -0.4 is 0 Å². The Morgan fingerprint density at radius 3 is 2.57 bits per heavy atom. The molecule has 0 bridgehead atoms. The molecule has 0 aliphatic heterocycles. The van der Waals surface area contributed by atoms with E-state index < -0.39 is 0 Å². The van der Waals surface area contributed by atoms with E-state index in [0.29, 0.717) is 0 Å². The Bertz CT molecular complexity index is 451.